The van der Waals surface area contributed by atoms with E-state index in [2.05, 4.69) is 15.5 Å². The number of rotatable bonds is 2. The minimum absolute atomic E-state index is 0.290. The summed E-state index contributed by atoms with van der Waals surface area (Å²) in [7, 11) is 0. The number of halogens is 1. The Morgan fingerprint density at radius 2 is 2.24 bits per heavy atom. The van der Waals surface area contributed by atoms with E-state index in [1.54, 1.807) is 6.07 Å². The van der Waals surface area contributed by atoms with Crippen molar-refractivity contribution in [3.63, 3.8) is 0 Å². The number of aromatic nitrogens is 2. The molecule has 88 valence electrons. The number of nitrogens with zero attached hydrogens (tertiary/aromatic N) is 2. The van der Waals surface area contributed by atoms with Crippen molar-refractivity contribution < 1.29 is 8.91 Å². The molecular weight excluding hydrogens is 221 g/mol. The van der Waals surface area contributed by atoms with Gasteiger partial charge in [0, 0.05) is 18.7 Å². The average Bonchev–Trinajstić information content (AvgIpc) is 2.68. The molecule has 2 heterocycles. The highest BCUT2D eigenvalue weighted by Crippen LogP contribution is 2.24. The first kappa shape index (κ1) is 10.4. The van der Waals surface area contributed by atoms with Crippen molar-refractivity contribution in [2.75, 3.05) is 13.1 Å². The second kappa shape index (κ2) is 3.92. The molecule has 0 amide bonds. The van der Waals surface area contributed by atoms with Gasteiger partial charge in [0.1, 0.15) is 5.82 Å². The van der Waals surface area contributed by atoms with Crippen LogP contribution >= 0.6 is 0 Å². The van der Waals surface area contributed by atoms with E-state index in [-0.39, 0.29) is 5.82 Å². The SMILES string of the molecule is Cc1ccc(F)cc1-c1noc(C2CNC2)n1. The first-order chi connectivity index (χ1) is 8.24. The van der Waals surface area contributed by atoms with Gasteiger partial charge < -0.3 is 9.84 Å². The molecule has 5 heteroatoms. The molecule has 0 saturated carbocycles. The third-order valence-corrected chi connectivity index (χ3v) is 3.01. The van der Waals surface area contributed by atoms with Gasteiger partial charge in [0.05, 0.1) is 5.92 Å². The fourth-order valence-electron chi connectivity index (χ4n) is 1.81. The first-order valence-electron chi connectivity index (χ1n) is 5.55. The largest absolute Gasteiger partial charge is 0.339 e. The van der Waals surface area contributed by atoms with Gasteiger partial charge in [0.15, 0.2) is 0 Å². The van der Waals surface area contributed by atoms with Crippen LogP contribution in [0.1, 0.15) is 17.4 Å². The van der Waals surface area contributed by atoms with Crippen molar-refractivity contribution in [1.82, 2.24) is 15.5 Å². The van der Waals surface area contributed by atoms with Crippen molar-refractivity contribution in [2.45, 2.75) is 12.8 Å². The van der Waals surface area contributed by atoms with Gasteiger partial charge in [0.2, 0.25) is 11.7 Å². The Balaban J connectivity index is 1.97. The number of benzene rings is 1. The first-order valence-corrected chi connectivity index (χ1v) is 5.55. The number of hydrogen-bond acceptors (Lipinski definition) is 4. The maximum atomic E-state index is 13.2. The molecule has 1 N–H and O–H groups in total. The normalized spacial score (nSPS) is 15.9. The van der Waals surface area contributed by atoms with Crippen molar-refractivity contribution >= 4 is 0 Å². The van der Waals surface area contributed by atoms with Gasteiger partial charge in [-0.25, -0.2) is 4.39 Å². The molecule has 0 spiro atoms. The van der Waals surface area contributed by atoms with Crippen molar-refractivity contribution in [1.29, 1.82) is 0 Å². The molecule has 1 aromatic carbocycles. The summed E-state index contributed by atoms with van der Waals surface area (Å²) in [5, 5.41) is 7.05. The van der Waals surface area contributed by atoms with Gasteiger partial charge in [-0.2, -0.15) is 4.98 Å². The lowest BCUT2D eigenvalue weighted by atomic mass is 10.0. The molecule has 0 aliphatic carbocycles. The lowest BCUT2D eigenvalue weighted by Crippen LogP contribution is -2.40. The van der Waals surface area contributed by atoms with E-state index >= 15 is 0 Å². The van der Waals surface area contributed by atoms with Crippen LogP contribution in [0.2, 0.25) is 0 Å². The van der Waals surface area contributed by atoms with E-state index in [4.69, 9.17) is 4.52 Å². The molecule has 0 bridgehead atoms. The van der Waals surface area contributed by atoms with Gasteiger partial charge in [-0.1, -0.05) is 11.2 Å². The fraction of sp³-hybridized carbons (Fsp3) is 0.333. The summed E-state index contributed by atoms with van der Waals surface area (Å²) >= 11 is 0. The maximum absolute atomic E-state index is 13.2. The number of nitrogens with one attached hydrogen (secondary N) is 1. The Morgan fingerprint density at radius 1 is 1.41 bits per heavy atom. The van der Waals surface area contributed by atoms with Crippen LogP contribution in [0.5, 0.6) is 0 Å². The molecule has 3 rings (SSSR count). The van der Waals surface area contributed by atoms with Gasteiger partial charge in [-0.15, -0.1) is 0 Å². The monoisotopic (exact) mass is 233 g/mol. The highest BCUT2D eigenvalue weighted by molar-refractivity contribution is 5.59. The molecule has 0 atom stereocenters. The summed E-state index contributed by atoms with van der Waals surface area (Å²) in [5.41, 5.74) is 1.62. The molecule has 1 aliphatic rings. The van der Waals surface area contributed by atoms with Crippen LogP contribution in [0, 0.1) is 12.7 Å². The second-order valence-corrected chi connectivity index (χ2v) is 4.27. The molecule has 2 aromatic rings. The topological polar surface area (TPSA) is 51.0 Å². The Kier molecular flexibility index (Phi) is 2.40. The standard InChI is InChI=1S/C12H12FN3O/c1-7-2-3-9(13)4-10(7)11-15-12(17-16-11)8-5-14-6-8/h2-4,8,14H,5-6H2,1H3. The van der Waals surface area contributed by atoms with E-state index in [1.807, 2.05) is 6.92 Å². The zero-order chi connectivity index (χ0) is 11.8. The van der Waals surface area contributed by atoms with Crippen LogP contribution < -0.4 is 5.32 Å². The molecule has 17 heavy (non-hydrogen) atoms. The summed E-state index contributed by atoms with van der Waals surface area (Å²) in [6, 6.07) is 4.57. The number of aryl methyl sites for hydroxylation is 1. The van der Waals surface area contributed by atoms with Crippen molar-refractivity contribution in [2.24, 2.45) is 0 Å². The third kappa shape index (κ3) is 1.82. The van der Waals surface area contributed by atoms with Crippen LogP contribution in [-0.4, -0.2) is 23.2 Å². The predicted molar refractivity (Wildman–Crippen MR) is 60.0 cm³/mol. The van der Waals surface area contributed by atoms with Crippen molar-refractivity contribution in [3.05, 3.63) is 35.5 Å². The van der Waals surface area contributed by atoms with E-state index in [9.17, 15) is 4.39 Å². The van der Waals surface area contributed by atoms with E-state index in [0.717, 1.165) is 18.7 Å². The zero-order valence-electron chi connectivity index (χ0n) is 9.40. The average molecular weight is 233 g/mol. The smallest absolute Gasteiger partial charge is 0.232 e. The molecule has 0 radical (unpaired) electrons. The minimum Gasteiger partial charge on any atom is -0.339 e. The van der Waals surface area contributed by atoms with Crippen LogP contribution in [0.25, 0.3) is 11.4 Å². The molecule has 1 saturated heterocycles. The van der Waals surface area contributed by atoms with Crippen LogP contribution in [-0.2, 0) is 0 Å². The second-order valence-electron chi connectivity index (χ2n) is 4.27. The molecule has 1 aliphatic heterocycles. The van der Waals surface area contributed by atoms with E-state index in [1.165, 1.54) is 12.1 Å². The highest BCUT2D eigenvalue weighted by Gasteiger charge is 2.25. The van der Waals surface area contributed by atoms with Gasteiger partial charge in [0.25, 0.3) is 0 Å². The van der Waals surface area contributed by atoms with Crippen LogP contribution in [0.15, 0.2) is 22.7 Å². The van der Waals surface area contributed by atoms with Crippen molar-refractivity contribution in [3.8, 4) is 11.4 Å². The van der Waals surface area contributed by atoms with E-state index in [0.29, 0.717) is 23.2 Å². The van der Waals surface area contributed by atoms with Gasteiger partial charge >= 0.3 is 0 Å². The Hall–Kier alpha value is -1.75. The zero-order valence-corrected chi connectivity index (χ0v) is 9.40. The quantitative estimate of drug-likeness (QED) is 0.860. The highest BCUT2D eigenvalue weighted by atomic mass is 19.1. The molecule has 1 fully saturated rings. The maximum Gasteiger partial charge on any atom is 0.232 e. The molecule has 0 unspecified atom stereocenters. The Labute approximate surface area is 97.8 Å². The summed E-state index contributed by atoms with van der Waals surface area (Å²) < 4.78 is 18.4. The summed E-state index contributed by atoms with van der Waals surface area (Å²) in [6.45, 7) is 3.63. The molecule has 4 nitrogen and oxygen atoms in total. The predicted octanol–water partition coefficient (Wildman–Crippen LogP) is 1.87. The van der Waals surface area contributed by atoms with Crippen LogP contribution in [0.4, 0.5) is 4.39 Å². The summed E-state index contributed by atoms with van der Waals surface area (Å²) in [5.74, 6) is 1.10. The summed E-state index contributed by atoms with van der Waals surface area (Å²) in [4.78, 5) is 4.32. The molecule has 1 aromatic heterocycles. The van der Waals surface area contributed by atoms with Crippen LogP contribution in [0.3, 0.4) is 0 Å². The summed E-state index contributed by atoms with van der Waals surface area (Å²) in [6.07, 6.45) is 0. The van der Waals surface area contributed by atoms with Gasteiger partial charge in [-0.3, -0.25) is 0 Å². The van der Waals surface area contributed by atoms with Gasteiger partial charge in [-0.05, 0) is 24.6 Å². The Bertz CT molecular complexity index is 548. The lowest BCUT2D eigenvalue weighted by molar-refractivity contribution is 0.308. The fourth-order valence-corrected chi connectivity index (χ4v) is 1.81. The van der Waals surface area contributed by atoms with E-state index < -0.39 is 0 Å². The number of hydrogen-bond donors (Lipinski definition) is 1. The minimum atomic E-state index is -0.290. The third-order valence-electron chi connectivity index (χ3n) is 3.01. The Morgan fingerprint density at radius 3 is 2.94 bits per heavy atom. The lowest BCUT2D eigenvalue weighted by Gasteiger charge is -2.22. The molecular formula is C12H12FN3O.